The Balaban J connectivity index is 3.18. The van der Waals surface area contributed by atoms with Crippen molar-refractivity contribution in [2.45, 2.75) is 44.6 Å². The van der Waals surface area contributed by atoms with E-state index in [1.54, 1.807) is 32.0 Å². The van der Waals surface area contributed by atoms with Gasteiger partial charge in [-0.2, -0.15) is 4.72 Å². The van der Waals surface area contributed by atoms with Crippen molar-refractivity contribution >= 4 is 15.9 Å². The van der Waals surface area contributed by atoms with Crippen LogP contribution in [0, 0.1) is 19.3 Å². The minimum absolute atomic E-state index is 0.191. The predicted octanol–water partition coefficient (Wildman–Crippen LogP) is 1.69. The minimum atomic E-state index is -3.69. The third-order valence-corrected chi connectivity index (χ3v) is 5.04. The van der Waals surface area contributed by atoms with E-state index < -0.39 is 15.6 Å². The molecular formula is C13H21N3O2S. The molecule has 0 heterocycles. The van der Waals surface area contributed by atoms with Crippen LogP contribution in [0.25, 0.3) is 0 Å². The minimum Gasteiger partial charge on any atom is -0.386 e. The Kier molecular flexibility index (Phi) is 4.37. The molecule has 1 aromatic carbocycles. The summed E-state index contributed by atoms with van der Waals surface area (Å²) in [7, 11) is -3.69. The molecule has 0 saturated heterocycles. The van der Waals surface area contributed by atoms with Crippen LogP contribution in [0.5, 0.6) is 0 Å². The molecule has 1 atom stereocenters. The van der Waals surface area contributed by atoms with Gasteiger partial charge in [-0.05, 0) is 50.5 Å². The lowest BCUT2D eigenvalue weighted by molar-refractivity contribution is 0.505. The Labute approximate surface area is 114 Å². The average Bonchev–Trinajstić information content (AvgIpc) is 2.31. The van der Waals surface area contributed by atoms with Crippen molar-refractivity contribution in [3.63, 3.8) is 0 Å². The van der Waals surface area contributed by atoms with Gasteiger partial charge < -0.3 is 5.73 Å². The maximum absolute atomic E-state index is 12.3. The average molecular weight is 283 g/mol. The van der Waals surface area contributed by atoms with Gasteiger partial charge >= 0.3 is 0 Å². The van der Waals surface area contributed by atoms with E-state index in [-0.39, 0.29) is 10.7 Å². The quantitative estimate of drug-likeness (QED) is 0.566. The van der Waals surface area contributed by atoms with Gasteiger partial charge in [0, 0.05) is 0 Å². The lowest BCUT2D eigenvalue weighted by atomic mass is 10.00. The maximum Gasteiger partial charge on any atom is 0.241 e. The van der Waals surface area contributed by atoms with Gasteiger partial charge in [0.05, 0.1) is 10.4 Å². The lowest BCUT2D eigenvalue weighted by Crippen LogP contribution is -2.54. The molecule has 0 saturated carbocycles. The smallest absolute Gasteiger partial charge is 0.241 e. The molecular weight excluding hydrogens is 262 g/mol. The number of nitrogens with one attached hydrogen (secondary N) is 2. The van der Waals surface area contributed by atoms with E-state index in [0.717, 1.165) is 11.1 Å². The molecule has 0 spiro atoms. The first kappa shape index (κ1) is 15.7. The van der Waals surface area contributed by atoms with Gasteiger partial charge in [0.25, 0.3) is 0 Å². The van der Waals surface area contributed by atoms with Gasteiger partial charge in [0.15, 0.2) is 0 Å². The molecule has 0 radical (unpaired) electrons. The third kappa shape index (κ3) is 3.33. The van der Waals surface area contributed by atoms with Crippen LogP contribution in [-0.4, -0.2) is 19.8 Å². The topological polar surface area (TPSA) is 96.0 Å². The molecule has 0 aromatic heterocycles. The van der Waals surface area contributed by atoms with Gasteiger partial charge in [-0.1, -0.05) is 13.0 Å². The Bertz CT molecular complexity index is 596. The lowest BCUT2D eigenvalue weighted by Gasteiger charge is -2.27. The number of amidine groups is 1. The number of rotatable bonds is 5. The number of benzene rings is 1. The Hall–Kier alpha value is -1.40. The summed E-state index contributed by atoms with van der Waals surface area (Å²) in [5.41, 5.74) is 6.36. The zero-order valence-corrected chi connectivity index (χ0v) is 12.6. The van der Waals surface area contributed by atoms with E-state index in [2.05, 4.69) is 4.72 Å². The van der Waals surface area contributed by atoms with Crippen molar-refractivity contribution in [3.05, 3.63) is 29.3 Å². The monoisotopic (exact) mass is 283 g/mol. The summed E-state index contributed by atoms with van der Waals surface area (Å²) in [4.78, 5) is 0.191. The van der Waals surface area contributed by atoms with Gasteiger partial charge in [-0.25, -0.2) is 8.42 Å². The number of hydrogen-bond donors (Lipinski definition) is 3. The second-order valence-electron chi connectivity index (χ2n) is 4.95. The molecule has 19 heavy (non-hydrogen) atoms. The first-order valence-corrected chi connectivity index (χ1v) is 7.56. The summed E-state index contributed by atoms with van der Waals surface area (Å²) in [6, 6.07) is 4.94. The van der Waals surface area contributed by atoms with E-state index in [1.807, 2.05) is 13.8 Å². The van der Waals surface area contributed by atoms with E-state index >= 15 is 0 Å². The van der Waals surface area contributed by atoms with Crippen molar-refractivity contribution < 1.29 is 8.42 Å². The van der Waals surface area contributed by atoms with Crippen LogP contribution in [0.3, 0.4) is 0 Å². The summed E-state index contributed by atoms with van der Waals surface area (Å²) in [6.45, 7) is 7.17. The second kappa shape index (κ2) is 5.30. The molecule has 0 aliphatic carbocycles. The molecule has 6 heteroatoms. The number of nitrogens with two attached hydrogens (primary N) is 1. The Morgan fingerprint density at radius 1 is 1.37 bits per heavy atom. The molecule has 106 valence electrons. The van der Waals surface area contributed by atoms with E-state index in [9.17, 15) is 8.42 Å². The molecule has 1 aromatic rings. The Morgan fingerprint density at radius 2 is 1.95 bits per heavy atom. The van der Waals surface area contributed by atoms with Crippen LogP contribution in [0.15, 0.2) is 23.1 Å². The van der Waals surface area contributed by atoms with Crippen molar-refractivity contribution in [3.8, 4) is 0 Å². The summed E-state index contributed by atoms with van der Waals surface area (Å²) < 4.78 is 27.1. The fraction of sp³-hybridized carbons (Fsp3) is 0.462. The summed E-state index contributed by atoms with van der Waals surface area (Å²) in [5, 5.41) is 7.52. The SMILES string of the molecule is CCC(C)(NS(=O)(=O)c1ccc(C)c(C)c1)C(=N)N. The molecule has 0 amide bonds. The van der Waals surface area contributed by atoms with Crippen LogP contribution in [-0.2, 0) is 10.0 Å². The number of sulfonamides is 1. The van der Waals surface area contributed by atoms with Crippen molar-refractivity contribution in [1.82, 2.24) is 4.72 Å². The Morgan fingerprint density at radius 3 is 2.37 bits per heavy atom. The molecule has 0 bridgehead atoms. The zero-order valence-electron chi connectivity index (χ0n) is 11.7. The fourth-order valence-electron chi connectivity index (χ4n) is 1.55. The molecule has 0 fully saturated rings. The third-order valence-electron chi connectivity index (χ3n) is 3.45. The fourth-order valence-corrected chi connectivity index (χ4v) is 3.10. The van der Waals surface area contributed by atoms with Gasteiger partial charge in [-0.3, -0.25) is 5.41 Å². The largest absolute Gasteiger partial charge is 0.386 e. The van der Waals surface area contributed by atoms with Crippen molar-refractivity contribution in [2.75, 3.05) is 0 Å². The normalized spacial score (nSPS) is 14.9. The standard InChI is InChI=1S/C13H21N3O2S/c1-5-13(4,12(14)15)16-19(17,18)11-7-6-9(2)10(3)8-11/h6-8,16H,5H2,1-4H3,(H3,14,15). The van der Waals surface area contributed by atoms with Crippen LogP contribution in [0.1, 0.15) is 31.4 Å². The van der Waals surface area contributed by atoms with Crippen molar-refractivity contribution in [2.24, 2.45) is 5.73 Å². The highest BCUT2D eigenvalue weighted by Gasteiger charge is 2.32. The molecule has 1 rings (SSSR count). The summed E-state index contributed by atoms with van der Waals surface area (Å²) >= 11 is 0. The highest BCUT2D eigenvalue weighted by atomic mass is 32.2. The summed E-state index contributed by atoms with van der Waals surface area (Å²) in [6.07, 6.45) is 0.409. The van der Waals surface area contributed by atoms with Gasteiger partial charge in [-0.15, -0.1) is 0 Å². The molecule has 4 N–H and O–H groups in total. The number of hydrogen-bond acceptors (Lipinski definition) is 3. The molecule has 0 aliphatic heterocycles. The molecule has 1 unspecified atom stereocenters. The van der Waals surface area contributed by atoms with Crippen LogP contribution in [0.4, 0.5) is 0 Å². The second-order valence-corrected chi connectivity index (χ2v) is 6.63. The maximum atomic E-state index is 12.3. The van der Waals surface area contributed by atoms with E-state index in [1.165, 1.54) is 0 Å². The van der Waals surface area contributed by atoms with Crippen LogP contribution >= 0.6 is 0 Å². The van der Waals surface area contributed by atoms with Gasteiger partial charge in [0.2, 0.25) is 10.0 Å². The predicted molar refractivity (Wildman–Crippen MR) is 76.8 cm³/mol. The molecule has 0 aliphatic rings. The summed E-state index contributed by atoms with van der Waals surface area (Å²) in [5.74, 6) is -0.192. The van der Waals surface area contributed by atoms with Crippen molar-refractivity contribution in [1.29, 1.82) is 5.41 Å². The van der Waals surface area contributed by atoms with Gasteiger partial charge in [0.1, 0.15) is 5.84 Å². The highest BCUT2D eigenvalue weighted by molar-refractivity contribution is 7.89. The van der Waals surface area contributed by atoms with Crippen LogP contribution < -0.4 is 10.5 Å². The van der Waals surface area contributed by atoms with Crippen LogP contribution in [0.2, 0.25) is 0 Å². The molecule has 5 nitrogen and oxygen atoms in total. The first-order valence-electron chi connectivity index (χ1n) is 6.08. The number of aryl methyl sites for hydroxylation is 2. The van der Waals surface area contributed by atoms with E-state index in [4.69, 9.17) is 11.1 Å². The first-order chi connectivity index (χ1) is 8.62. The zero-order chi connectivity index (χ0) is 14.8. The van der Waals surface area contributed by atoms with E-state index in [0.29, 0.717) is 6.42 Å². The highest BCUT2D eigenvalue weighted by Crippen LogP contribution is 2.18.